The minimum absolute atomic E-state index is 0. The molecule has 1 heterocycles. The Kier molecular flexibility index (Phi) is 5.70. The van der Waals surface area contributed by atoms with Gasteiger partial charge in [-0.05, 0) is 11.5 Å². The van der Waals surface area contributed by atoms with Crippen molar-refractivity contribution < 1.29 is 44.6 Å². The first kappa shape index (κ1) is 19.1. The number of carboxylic acid groups (broad SMARTS) is 1. The van der Waals surface area contributed by atoms with Crippen LogP contribution in [0.25, 0.3) is 20.5 Å². The fourth-order valence-corrected chi connectivity index (χ4v) is 2.22. The van der Waals surface area contributed by atoms with Gasteiger partial charge in [0.15, 0.2) is 5.75 Å². The molecule has 9 nitrogen and oxygen atoms in total. The van der Waals surface area contributed by atoms with Crippen molar-refractivity contribution in [1.82, 2.24) is 9.97 Å². The number of hydrogen-bond acceptors (Lipinski definition) is 6. The summed E-state index contributed by atoms with van der Waals surface area (Å²) in [6.45, 7) is 13.9. The molecule has 0 aliphatic carbocycles. The van der Waals surface area contributed by atoms with Crippen molar-refractivity contribution in [3.8, 4) is 5.75 Å². The minimum atomic E-state index is -1.55. The number of carbonyl (C=O) groups excluding carboxylic acids is 1. The van der Waals surface area contributed by atoms with Crippen molar-refractivity contribution in [1.29, 1.82) is 0 Å². The van der Waals surface area contributed by atoms with Crippen LogP contribution >= 0.6 is 0 Å². The topological polar surface area (TPSA) is 122 Å². The molecule has 0 bridgehead atoms. The zero-order chi connectivity index (χ0) is 18.0. The Bertz CT molecular complexity index is 1090. The number of carboxylic acids is 1. The van der Waals surface area contributed by atoms with Gasteiger partial charge in [0, 0.05) is 10.9 Å². The van der Waals surface area contributed by atoms with Crippen LogP contribution in [0.4, 0.5) is 23.3 Å². The summed E-state index contributed by atoms with van der Waals surface area (Å²) in [6.07, 6.45) is 0. The van der Waals surface area contributed by atoms with Gasteiger partial charge >= 0.3 is 35.5 Å². The van der Waals surface area contributed by atoms with Gasteiger partial charge in [0.2, 0.25) is 0 Å². The fraction of sp³-hybridized carbons (Fsp3) is 0. The molecule has 0 radical (unpaired) electrons. The van der Waals surface area contributed by atoms with E-state index >= 15 is 0 Å². The number of H-pyrrole nitrogens is 1. The molecule has 2 aromatic carbocycles. The smallest absolute Gasteiger partial charge is 0.545 e. The maximum absolute atomic E-state index is 11.2. The number of nitrogens with zero attached hydrogens (tertiary/aromatic N) is 5. The number of fused-ring (bicyclic) bond motifs is 1. The summed E-state index contributed by atoms with van der Waals surface area (Å²) >= 11 is 0. The van der Waals surface area contributed by atoms with Crippen LogP contribution in [-0.2, 0) is 0 Å². The molecule has 3 rings (SSSR count). The third kappa shape index (κ3) is 3.41. The maximum Gasteiger partial charge on any atom is 1.00 e. The van der Waals surface area contributed by atoms with Crippen LogP contribution in [-0.4, -0.2) is 21.0 Å². The number of hydrogen-bond donors (Lipinski definition) is 2. The summed E-state index contributed by atoms with van der Waals surface area (Å²) in [5.74, 6) is -2.49. The molecule has 26 heavy (non-hydrogen) atoms. The summed E-state index contributed by atoms with van der Waals surface area (Å²) in [7, 11) is 0. The first-order valence-corrected chi connectivity index (χ1v) is 6.78. The van der Waals surface area contributed by atoms with Gasteiger partial charge in [-0.2, -0.15) is 0 Å². The van der Waals surface area contributed by atoms with E-state index in [2.05, 4.69) is 29.9 Å². The van der Waals surface area contributed by atoms with E-state index in [1.54, 1.807) is 24.3 Å². The second kappa shape index (κ2) is 7.76. The second-order valence-corrected chi connectivity index (χ2v) is 4.79. The monoisotopic (exact) mass is 354 g/mol. The second-order valence-electron chi connectivity index (χ2n) is 4.79. The first-order valence-electron chi connectivity index (χ1n) is 6.78. The fourth-order valence-electron chi connectivity index (χ4n) is 2.22. The number of aromatic hydroxyl groups is 1. The van der Waals surface area contributed by atoms with Crippen molar-refractivity contribution in [3.05, 3.63) is 58.7 Å². The van der Waals surface area contributed by atoms with Crippen molar-refractivity contribution in [2.75, 3.05) is 0 Å². The molecule has 0 fully saturated rings. The van der Waals surface area contributed by atoms with E-state index in [1.165, 1.54) is 6.07 Å². The summed E-state index contributed by atoms with van der Waals surface area (Å²) < 4.78 is 0. The van der Waals surface area contributed by atoms with Crippen LogP contribution in [0.3, 0.4) is 0 Å². The van der Waals surface area contributed by atoms with E-state index in [4.69, 9.17) is 13.1 Å². The Labute approximate surface area is 169 Å². The van der Waals surface area contributed by atoms with E-state index < -0.39 is 17.3 Å². The molecular weight excluding hydrogens is 347 g/mol. The van der Waals surface area contributed by atoms with Crippen LogP contribution in [0.2, 0.25) is 0 Å². The average Bonchev–Trinajstić information content (AvgIpc) is 3.02. The zero-order valence-electron chi connectivity index (χ0n) is 13.4. The number of imidazole rings is 1. The van der Waals surface area contributed by atoms with E-state index in [0.717, 1.165) is 0 Å². The normalized spacial score (nSPS) is 10.2. The SMILES string of the molecule is [C-]#[N+]c1nc(N=Nc2c(O)c(C(=O)[O-])cc3ccccc23)[nH]c1[N+]#[C-].[Na+]. The molecule has 2 N–H and O–H groups in total. The standard InChI is InChI=1S/C16H8N6O3.Na/c1-17-13-14(18-2)20-16(19-13)22-21-11-9-6-4-3-5-8(9)7-10(12(11)23)15(24)25;/h3-7,23H,(H,19,20)(H,24,25);/q;+1/p-1. The van der Waals surface area contributed by atoms with Crippen molar-refractivity contribution in [2.45, 2.75) is 0 Å². The van der Waals surface area contributed by atoms with Crippen molar-refractivity contribution in [2.24, 2.45) is 10.2 Å². The number of aromatic amines is 1. The van der Waals surface area contributed by atoms with Crippen LogP contribution in [0.15, 0.2) is 40.6 Å². The Morgan fingerprint density at radius 3 is 2.58 bits per heavy atom. The van der Waals surface area contributed by atoms with Gasteiger partial charge in [0.05, 0.1) is 5.97 Å². The molecule has 0 amide bonds. The van der Waals surface area contributed by atoms with Gasteiger partial charge in [0.25, 0.3) is 11.6 Å². The number of azo groups is 1. The summed E-state index contributed by atoms with van der Waals surface area (Å²) in [6, 6.07) is 7.97. The Balaban J connectivity index is 0.00000243. The molecule has 0 atom stereocenters. The van der Waals surface area contributed by atoms with Crippen LogP contribution in [0.5, 0.6) is 5.75 Å². The molecule has 120 valence electrons. The quantitative estimate of drug-likeness (QED) is 0.395. The number of nitrogens with one attached hydrogen (secondary N) is 1. The van der Waals surface area contributed by atoms with Gasteiger partial charge in [0.1, 0.15) is 5.69 Å². The third-order valence-corrected chi connectivity index (χ3v) is 3.33. The largest absolute Gasteiger partial charge is 1.00 e. The molecule has 0 saturated heterocycles. The van der Waals surface area contributed by atoms with Crippen LogP contribution < -0.4 is 34.7 Å². The third-order valence-electron chi connectivity index (χ3n) is 3.33. The molecule has 3 aromatic rings. The number of aromatic carboxylic acids is 1. The molecule has 0 aliphatic heterocycles. The van der Waals surface area contributed by atoms with E-state index in [9.17, 15) is 15.0 Å². The van der Waals surface area contributed by atoms with Crippen LogP contribution in [0, 0.1) is 13.1 Å². The van der Waals surface area contributed by atoms with E-state index in [1.807, 2.05) is 0 Å². The van der Waals surface area contributed by atoms with E-state index in [-0.39, 0.29) is 52.8 Å². The Morgan fingerprint density at radius 1 is 1.23 bits per heavy atom. The zero-order valence-corrected chi connectivity index (χ0v) is 15.4. The summed E-state index contributed by atoms with van der Waals surface area (Å²) in [5, 5.41) is 30.0. The average molecular weight is 354 g/mol. The molecular formula is C16H7N6NaO3. The Hall–Kier alpha value is -3.24. The predicted octanol–water partition coefficient (Wildman–Crippen LogP) is 0.153. The predicted molar refractivity (Wildman–Crippen MR) is 85.2 cm³/mol. The summed E-state index contributed by atoms with van der Waals surface area (Å²) in [4.78, 5) is 23.7. The molecule has 10 heteroatoms. The molecule has 1 aromatic heterocycles. The van der Waals surface area contributed by atoms with Crippen molar-refractivity contribution in [3.63, 3.8) is 0 Å². The van der Waals surface area contributed by atoms with Crippen LogP contribution in [0.1, 0.15) is 10.4 Å². The number of carbonyl (C=O) groups is 1. The summed E-state index contributed by atoms with van der Waals surface area (Å²) in [5.41, 5.74) is -0.502. The van der Waals surface area contributed by atoms with Gasteiger partial charge in [-0.1, -0.05) is 47.5 Å². The first-order chi connectivity index (χ1) is 12.0. The Morgan fingerprint density at radius 2 is 1.96 bits per heavy atom. The molecule has 0 aliphatic rings. The van der Waals surface area contributed by atoms with Gasteiger partial charge in [-0.25, -0.2) is 0 Å². The molecule has 0 spiro atoms. The minimum Gasteiger partial charge on any atom is -0.545 e. The molecule has 0 saturated carbocycles. The number of phenols is 1. The number of rotatable bonds is 3. The van der Waals surface area contributed by atoms with Gasteiger partial charge in [-0.15, -0.1) is 5.11 Å². The van der Waals surface area contributed by atoms with Gasteiger partial charge in [-0.3, -0.25) is 4.98 Å². The number of benzene rings is 2. The number of aromatic nitrogens is 2. The molecule has 0 unspecified atom stereocenters. The maximum atomic E-state index is 11.2. The van der Waals surface area contributed by atoms with Crippen molar-refractivity contribution >= 4 is 40.0 Å². The van der Waals surface area contributed by atoms with E-state index in [0.29, 0.717) is 10.8 Å². The van der Waals surface area contributed by atoms with Gasteiger partial charge < -0.3 is 24.7 Å².